The summed E-state index contributed by atoms with van der Waals surface area (Å²) < 4.78 is 10.1. The van der Waals surface area contributed by atoms with Gasteiger partial charge in [0.15, 0.2) is 0 Å². The van der Waals surface area contributed by atoms with Crippen molar-refractivity contribution in [2.75, 3.05) is 0 Å². The molecule has 0 aliphatic rings. The molecule has 0 atom stereocenters. The maximum absolute atomic E-state index is 10.7. The quantitative estimate of drug-likeness (QED) is 0.593. The number of pyridine rings is 1. The van der Waals surface area contributed by atoms with Crippen LogP contribution in [0.1, 0.15) is 11.5 Å². The molecule has 0 spiro atoms. The number of aromatic nitrogens is 2. The molecule has 17 heavy (non-hydrogen) atoms. The number of aryl methyl sites for hydroxylation is 1. The van der Waals surface area contributed by atoms with Gasteiger partial charge in [-0.05, 0) is 29.0 Å². The Kier molecular flexibility index (Phi) is 2.99. The molecule has 0 N–H and O–H groups in total. The van der Waals surface area contributed by atoms with Crippen LogP contribution in [-0.2, 0) is 6.61 Å². The molecule has 0 aromatic carbocycles. The molecule has 0 saturated carbocycles. The molecular weight excluding hydrogens is 226 g/mol. The summed E-state index contributed by atoms with van der Waals surface area (Å²) in [5, 5.41) is 14.4. The van der Waals surface area contributed by atoms with Gasteiger partial charge in [0.25, 0.3) is 0 Å². The highest BCUT2D eigenvalue weighted by atomic mass is 16.6. The van der Waals surface area contributed by atoms with Crippen molar-refractivity contribution in [1.82, 2.24) is 10.1 Å². The minimum absolute atomic E-state index is 0.101. The van der Waals surface area contributed by atoms with Crippen molar-refractivity contribution in [2.24, 2.45) is 0 Å². The highest BCUT2D eigenvalue weighted by Crippen LogP contribution is 2.23. The van der Waals surface area contributed by atoms with E-state index in [0.717, 1.165) is 0 Å². The first-order valence-electron chi connectivity index (χ1n) is 4.81. The van der Waals surface area contributed by atoms with Gasteiger partial charge in [-0.25, -0.2) is 0 Å². The van der Waals surface area contributed by atoms with E-state index in [0.29, 0.717) is 11.5 Å². The number of ether oxygens (including phenoxy) is 1. The van der Waals surface area contributed by atoms with E-state index in [9.17, 15) is 10.1 Å². The molecule has 2 aromatic heterocycles. The van der Waals surface area contributed by atoms with Crippen LogP contribution in [0, 0.1) is 17.0 Å². The number of nitro groups is 1. The van der Waals surface area contributed by atoms with Crippen molar-refractivity contribution in [3.8, 4) is 5.75 Å². The SMILES string of the molecule is Cc1cc(COc2cccnc2[N+](=O)[O-])no1. The standard InChI is InChI=1S/C10H9N3O4/c1-7-5-8(12-17-7)6-16-9-3-2-4-11-10(9)13(14)15/h2-5H,6H2,1H3. The fourth-order valence-corrected chi connectivity index (χ4v) is 1.27. The first-order chi connectivity index (χ1) is 8.16. The lowest BCUT2D eigenvalue weighted by atomic mass is 10.4. The maximum atomic E-state index is 10.7. The van der Waals surface area contributed by atoms with Crippen LogP contribution in [-0.4, -0.2) is 15.1 Å². The van der Waals surface area contributed by atoms with Gasteiger partial charge in [-0.15, -0.1) is 0 Å². The predicted octanol–water partition coefficient (Wildman–Crippen LogP) is 1.87. The Hall–Kier alpha value is -2.44. The summed E-state index contributed by atoms with van der Waals surface area (Å²) in [6.07, 6.45) is 1.34. The molecule has 7 heteroatoms. The van der Waals surface area contributed by atoms with Gasteiger partial charge in [0.2, 0.25) is 5.75 Å². The van der Waals surface area contributed by atoms with Crippen molar-refractivity contribution in [3.05, 3.63) is 46.0 Å². The lowest BCUT2D eigenvalue weighted by Crippen LogP contribution is -2.00. The zero-order valence-corrected chi connectivity index (χ0v) is 8.99. The molecule has 0 saturated heterocycles. The molecule has 0 aliphatic carbocycles. The minimum atomic E-state index is -0.594. The Bertz CT molecular complexity index is 538. The van der Waals surface area contributed by atoms with Gasteiger partial charge in [-0.2, -0.15) is 0 Å². The number of hydrogen-bond acceptors (Lipinski definition) is 6. The van der Waals surface area contributed by atoms with E-state index in [-0.39, 0.29) is 18.2 Å². The van der Waals surface area contributed by atoms with Gasteiger partial charge in [-0.3, -0.25) is 0 Å². The molecule has 0 unspecified atom stereocenters. The number of hydrogen-bond donors (Lipinski definition) is 0. The lowest BCUT2D eigenvalue weighted by Gasteiger charge is -2.03. The third-order valence-corrected chi connectivity index (χ3v) is 1.98. The van der Waals surface area contributed by atoms with Gasteiger partial charge in [-0.1, -0.05) is 5.16 Å². The van der Waals surface area contributed by atoms with Crippen LogP contribution in [0.2, 0.25) is 0 Å². The molecule has 88 valence electrons. The van der Waals surface area contributed by atoms with Crippen LogP contribution >= 0.6 is 0 Å². The van der Waals surface area contributed by atoms with Crippen molar-refractivity contribution >= 4 is 5.82 Å². The van der Waals surface area contributed by atoms with Gasteiger partial charge in [0.05, 0.1) is 0 Å². The van der Waals surface area contributed by atoms with E-state index in [2.05, 4.69) is 10.1 Å². The van der Waals surface area contributed by atoms with E-state index in [4.69, 9.17) is 9.26 Å². The van der Waals surface area contributed by atoms with E-state index in [1.165, 1.54) is 12.3 Å². The van der Waals surface area contributed by atoms with E-state index in [1.54, 1.807) is 19.1 Å². The summed E-state index contributed by atoms with van der Waals surface area (Å²) in [5.41, 5.74) is 0.570. The molecule has 0 aliphatic heterocycles. The monoisotopic (exact) mass is 235 g/mol. The largest absolute Gasteiger partial charge is 0.479 e. The van der Waals surface area contributed by atoms with Crippen molar-refractivity contribution in [1.29, 1.82) is 0 Å². The topological polar surface area (TPSA) is 91.3 Å². The van der Waals surface area contributed by atoms with Crippen LogP contribution in [0.15, 0.2) is 28.9 Å². The highest BCUT2D eigenvalue weighted by molar-refractivity contribution is 5.38. The molecule has 2 aromatic rings. The van der Waals surface area contributed by atoms with Crippen LogP contribution in [0.5, 0.6) is 5.75 Å². The minimum Gasteiger partial charge on any atom is -0.479 e. The molecular formula is C10H9N3O4. The van der Waals surface area contributed by atoms with E-state index < -0.39 is 4.92 Å². The Morgan fingerprint density at radius 2 is 2.41 bits per heavy atom. The van der Waals surface area contributed by atoms with Crippen LogP contribution in [0.25, 0.3) is 0 Å². The maximum Gasteiger partial charge on any atom is 0.406 e. The summed E-state index contributed by atoms with van der Waals surface area (Å²) in [5.74, 6) is 0.454. The third kappa shape index (κ3) is 2.57. The van der Waals surface area contributed by atoms with Crippen molar-refractivity contribution < 1.29 is 14.2 Å². The zero-order valence-electron chi connectivity index (χ0n) is 8.99. The first kappa shape index (κ1) is 11.1. The van der Waals surface area contributed by atoms with Gasteiger partial charge < -0.3 is 19.4 Å². The molecule has 2 rings (SSSR count). The number of rotatable bonds is 4. The molecule has 0 bridgehead atoms. The summed E-state index contributed by atoms with van der Waals surface area (Å²) in [6, 6.07) is 4.75. The van der Waals surface area contributed by atoms with Crippen LogP contribution < -0.4 is 4.74 Å². The van der Waals surface area contributed by atoms with Crippen molar-refractivity contribution in [3.63, 3.8) is 0 Å². The molecule has 0 amide bonds. The molecule has 2 heterocycles. The second kappa shape index (κ2) is 4.60. The number of nitrogens with zero attached hydrogens (tertiary/aromatic N) is 3. The van der Waals surface area contributed by atoms with Crippen LogP contribution in [0.4, 0.5) is 5.82 Å². The Balaban J connectivity index is 2.11. The van der Waals surface area contributed by atoms with Gasteiger partial charge >= 0.3 is 5.82 Å². The molecule has 0 radical (unpaired) electrons. The average Bonchev–Trinajstić information content (AvgIpc) is 2.73. The smallest absolute Gasteiger partial charge is 0.406 e. The normalized spacial score (nSPS) is 10.2. The summed E-state index contributed by atoms with van der Waals surface area (Å²) in [6.45, 7) is 1.85. The van der Waals surface area contributed by atoms with Crippen LogP contribution in [0.3, 0.4) is 0 Å². The van der Waals surface area contributed by atoms with Gasteiger partial charge in [0.1, 0.15) is 24.3 Å². The lowest BCUT2D eigenvalue weighted by molar-refractivity contribution is -0.390. The highest BCUT2D eigenvalue weighted by Gasteiger charge is 2.15. The fourth-order valence-electron chi connectivity index (χ4n) is 1.27. The summed E-state index contributed by atoms with van der Waals surface area (Å²) >= 11 is 0. The average molecular weight is 235 g/mol. The Labute approximate surface area is 96.2 Å². The second-order valence-electron chi connectivity index (χ2n) is 3.30. The van der Waals surface area contributed by atoms with E-state index >= 15 is 0 Å². The summed E-state index contributed by atoms with van der Waals surface area (Å²) in [7, 11) is 0. The Morgan fingerprint density at radius 3 is 3.06 bits per heavy atom. The summed E-state index contributed by atoms with van der Waals surface area (Å²) in [4.78, 5) is 13.7. The fraction of sp³-hybridized carbons (Fsp3) is 0.200. The van der Waals surface area contributed by atoms with Gasteiger partial charge in [0, 0.05) is 6.07 Å². The first-order valence-corrected chi connectivity index (χ1v) is 4.81. The molecule has 0 fully saturated rings. The third-order valence-electron chi connectivity index (χ3n) is 1.98. The van der Waals surface area contributed by atoms with E-state index in [1.807, 2.05) is 0 Å². The second-order valence-corrected chi connectivity index (χ2v) is 3.30. The predicted molar refractivity (Wildman–Crippen MR) is 56.5 cm³/mol. The van der Waals surface area contributed by atoms with Crippen molar-refractivity contribution in [2.45, 2.75) is 13.5 Å². The zero-order chi connectivity index (χ0) is 12.3. The Morgan fingerprint density at radius 1 is 1.59 bits per heavy atom. The molecule has 7 nitrogen and oxygen atoms in total.